The lowest BCUT2D eigenvalue weighted by molar-refractivity contribution is 0.155. The van der Waals surface area contributed by atoms with Crippen LogP contribution in [0.3, 0.4) is 0 Å². The highest BCUT2D eigenvalue weighted by Crippen LogP contribution is 2.23. The van der Waals surface area contributed by atoms with Crippen molar-refractivity contribution in [3.8, 4) is 0 Å². The fourth-order valence-corrected chi connectivity index (χ4v) is 3.07. The third-order valence-electron chi connectivity index (χ3n) is 4.02. The molecule has 2 heterocycles. The Morgan fingerprint density at radius 1 is 1.21 bits per heavy atom. The van der Waals surface area contributed by atoms with Gasteiger partial charge in [0.15, 0.2) is 0 Å². The van der Waals surface area contributed by atoms with E-state index in [1.807, 2.05) is 0 Å². The van der Waals surface area contributed by atoms with Crippen molar-refractivity contribution in [2.75, 3.05) is 39.8 Å². The Morgan fingerprint density at radius 3 is 2.79 bits per heavy atom. The number of nitrogens with one attached hydrogen (secondary N) is 1. The molecule has 0 amide bonds. The maximum absolute atomic E-state index is 3.56. The second kappa shape index (κ2) is 5.65. The van der Waals surface area contributed by atoms with E-state index < -0.39 is 0 Å². The number of benzene rings is 1. The second-order valence-electron chi connectivity index (χ2n) is 5.40. The van der Waals surface area contributed by atoms with E-state index in [1.54, 1.807) is 0 Å². The van der Waals surface area contributed by atoms with Gasteiger partial charge in [0.05, 0.1) is 0 Å². The number of likely N-dealkylation sites (N-methyl/N-ethyl adjacent to an activating group) is 1. The van der Waals surface area contributed by atoms with Crippen molar-refractivity contribution in [2.24, 2.45) is 0 Å². The molecule has 1 aromatic heterocycles. The molecule has 1 aliphatic rings. The summed E-state index contributed by atoms with van der Waals surface area (Å²) in [5.74, 6) is 0. The summed E-state index contributed by atoms with van der Waals surface area (Å²) in [6.45, 7) is 5.94. The van der Waals surface area contributed by atoms with Gasteiger partial charge in [-0.15, -0.1) is 0 Å². The molecule has 1 aromatic carbocycles. The van der Waals surface area contributed by atoms with Crippen molar-refractivity contribution >= 4 is 26.8 Å². The SMILES string of the molecule is CN1CCN(CCc2c[nH]c3ccc(Br)cc23)CC1. The van der Waals surface area contributed by atoms with E-state index in [9.17, 15) is 0 Å². The first-order valence-corrected chi connectivity index (χ1v) is 7.68. The van der Waals surface area contributed by atoms with Gasteiger partial charge in [-0.3, -0.25) is 0 Å². The molecule has 0 saturated carbocycles. The Bertz CT molecular complexity index is 556. The van der Waals surface area contributed by atoms with Crippen molar-refractivity contribution in [3.05, 3.63) is 34.4 Å². The summed E-state index contributed by atoms with van der Waals surface area (Å²) in [5.41, 5.74) is 2.66. The Morgan fingerprint density at radius 2 is 2.00 bits per heavy atom. The highest BCUT2D eigenvalue weighted by atomic mass is 79.9. The third kappa shape index (κ3) is 3.02. The van der Waals surface area contributed by atoms with Gasteiger partial charge in [-0.2, -0.15) is 0 Å². The quantitative estimate of drug-likeness (QED) is 0.939. The van der Waals surface area contributed by atoms with Crippen LogP contribution in [0.5, 0.6) is 0 Å². The van der Waals surface area contributed by atoms with Crippen LogP contribution in [-0.2, 0) is 6.42 Å². The Hall–Kier alpha value is -0.840. The average molecular weight is 322 g/mol. The fourth-order valence-electron chi connectivity index (χ4n) is 2.71. The van der Waals surface area contributed by atoms with Crippen LogP contribution in [0, 0.1) is 0 Å². The zero-order valence-electron chi connectivity index (χ0n) is 11.3. The van der Waals surface area contributed by atoms with E-state index in [4.69, 9.17) is 0 Å². The zero-order chi connectivity index (χ0) is 13.2. The van der Waals surface area contributed by atoms with E-state index in [0.29, 0.717) is 0 Å². The predicted molar refractivity (Wildman–Crippen MR) is 83.6 cm³/mol. The van der Waals surface area contributed by atoms with Crippen LogP contribution in [0.25, 0.3) is 10.9 Å². The monoisotopic (exact) mass is 321 g/mol. The number of hydrogen-bond donors (Lipinski definition) is 1. The van der Waals surface area contributed by atoms with Crippen LogP contribution >= 0.6 is 15.9 Å². The number of nitrogens with zero attached hydrogens (tertiary/aromatic N) is 2. The molecule has 2 aromatic rings. The zero-order valence-corrected chi connectivity index (χ0v) is 12.9. The van der Waals surface area contributed by atoms with Gasteiger partial charge in [0.1, 0.15) is 0 Å². The van der Waals surface area contributed by atoms with Crippen molar-refractivity contribution < 1.29 is 0 Å². The molecule has 3 rings (SSSR count). The molecular formula is C15H20BrN3. The molecule has 4 heteroatoms. The van der Waals surface area contributed by atoms with Gasteiger partial charge in [-0.1, -0.05) is 15.9 Å². The van der Waals surface area contributed by atoms with Crippen molar-refractivity contribution in [1.29, 1.82) is 0 Å². The van der Waals surface area contributed by atoms with Crippen LogP contribution in [-0.4, -0.2) is 54.6 Å². The van der Waals surface area contributed by atoms with E-state index in [1.165, 1.54) is 42.6 Å². The normalized spacial score (nSPS) is 18.2. The van der Waals surface area contributed by atoms with E-state index in [2.05, 4.69) is 62.2 Å². The number of rotatable bonds is 3. The molecule has 0 radical (unpaired) electrons. The second-order valence-corrected chi connectivity index (χ2v) is 6.31. The molecule has 1 N–H and O–H groups in total. The molecule has 0 aliphatic carbocycles. The predicted octanol–water partition coefficient (Wildman–Crippen LogP) is 2.72. The minimum Gasteiger partial charge on any atom is -0.361 e. The Balaban J connectivity index is 1.67. The molecule has 1 aliphatic heterocycles. The summed E-state index contributed by atoms with van der Waals surface area (Å²) in [4.78, 5) is 8.33. The number of hydrogen-bond acceptors (Lipinski definition) is 2. The first kappa shape index (κ1) is 13.2. The van der Waals surface area contributed by atoms with Gasteiger partial charge >= 0.3 is 0 Å². The summed E-state index contributed by atoms with van der Waals surface area (Å²) in [6, 6.07) is 6.44. The van der Waals surface area contributed by atoms with Crippen molar-refractivity contribution in [1.82, 2.24) is 14.8 Å². The summed E-state index contributed by atoms with van der Waals surface area (Å²) in [7, 11) is 2.20. The first-order valence-electron chi connectivity index (χ1n) is 6.89. The van der Waals surface area contributed by atoms with Gasteiger partial charge in [-0.05, 0) is 37.2 Å². The summed E-state index contributed by atoms with van der Waals surface area (Å²) < 4.78 is 1.15. The lowest BCUT2D eigenvalue weighted by Crippen LogP contribution is -2.45. The average Bonchev–Trinajstić information content (AvgIpc) is 2.80. The van der Waals surface area contributed by atoms with E-state index in [0.717, 1.165) is 17.4 Å². The molecule has 102 valence electrons. The van der Waals surface area contributed by atoms with Crippen LogP contribution < -0.4 is 0 Å². The van der Waals surface area contributed by atoms with Gasteiger partial charge in [0, 0.05) is 54.3 Å². The minimum absolute atomic E-state index is 1.13. The van der Waals surface area contributed by atoms with Gasteiger partial charge in [0.25, 0.3) is 0 Å². The van der Waals surface area contributed by atoms with E-state index >= 15 is 0 Å². The molecule has 3 nitrogen and oxygen atoms in total. The molecule has 0 atom stereocenters. The van der Waals surface area contributed by atoms with Gasteiger partial charge < -0.3 is 14.8 Å². The van der Waals surface area contributed by atoms with Gasteiger partial charge in [0.2, 0.25) is 0 Å². The maximum atomic E-state index is 3.56. The van der Waals surface area contributed by atoms with Gasteiger partial charge in [-0.25, -0.2) is 0 Å². The lowest BCUT2D eigenvalue weighted by Gasteiger charge is -2.32. The number of aromatic nitrogens is 1. The molecule has 0 bridgehead atoms. The van der Waals surface area contributed by atoms with Crippen LogP contribution in [0.1, 0.15) is 5.56 Å². The largest absolute Gasteiger partial charge is 0.361 e. The molecule has 0 spiro atoms. The number of H-pyrrole nitrogens is 1. The molecule has 19 heavy (non-hydrogen) atoms. The standard InChI is InChI=1S/C15H20BrN3/c1-18-6-8-19(9-7-18)5-4-12-11-17-15-3-2-13(16)10-14(12)15/h2-3,10-11,17H,4-9H2,1H3. The Labute approximate surface area is 122 Å². The topological polar surface area (TPSA) is 22.3 Å². The van der Waals surface area contributed by atoms with Crippen LogP contribution in [0.2, 0.25) is 0 Å². The highest BCUT2D eigenvalue weighted by Gasteiger charge is 2.14. The van der Waals surface area contributed by atoms with Crippen molar-refractivity contribution in [2.45, 2.75) is 6.42 Å². The van der Waals surface area contributed by atoms with Crippen LogP contribution in [0.15, 0.2) is 28.9 Å². The number of fused-ring (bicyclic) bond motifs is 1. The number of piperazine rings is 1. The molecule has 1 saturated heterocycles. The molecule has 1 fully saturated rings. The Kier molecular flexibility index (Phi) is 3.91. The first-order chi connectivity index (χ1) is 9.22. The van der Waals surface area contributed by atoms with E-state index in [-0.39, 0.29) is 0 Å². The lowest BCUT2D eigenvalue weighted by atomic mass is 10.1. The fraction of sp³-hybridized carbons (Fsp3) is 0.467. The third-order valence-corrected chi connectivity index (χ3v) is 4.52. The minimum atomic E-state index is 1.13. The summed E-state index contributed by atoms with van der Waals surface area (Å²) in [5, 5.41) is 1.35. The summed E-state index contributed by atoms with van der Waals surface area (Å²) in [6.07, 6.45) is 3.29. The maximum Gasteiger partial charge on any atom is 0.0457 e. The molecule has 0 unspecified atom stereocenters. The smallest absolute Gasteiger partial charge is 0.0457 e. The summed E-state index contributed by atoms with van der Waals surface area (Å²) >= 11 is 3.56. The molecular weight excluding hydrogens is 302 g/mol. The number of halogens is 1. The van der Waals surface area contributed by atoms with Crippen LogP contribution in [0.4, 0.5) is 0 Å². The van der Waals surface area contributed by atoms with Crippen molar-refractivity contribution in [3.63, 3.8) is 0 Å². The highest BCUT2D eigenvalue weighted by molar-refractivity contribution is 9.10. The number of aromatic amines is 1.